The molecule has 2 amide bonds. The zero-order valence-corrected chi connectivity index (χ0v) is 17.6. The molecule has 0 bridgehead atoms. The highest BCUT2D eigenvalue weighted by Crippen LogP contribution is 2.30. The summed E-state index contributed by atoms with van der Waals surface area (Å²) in [7, 11) is 3.13. The molecule has 0 aromatic heterocycles. The maximum atomic E-state index is 12.4. The zero-order chi connectivity index (χ0) is 21.7. The lowest BCUT2D eigenvalue weighted by atomic mass is 10.1. The minimum atomic E-state index is -0.689. The second kappa shape index (κ2) is 9.45. The molecule has 2 aromatic carbocycles. The van der Waals surface area contributed by atoms with E-state index in [0.717, 1.165) is 28.6 Å². The Balaban J connectivity index is 1.81. The van der Waals surface area contributed by atoms with Crippen LogP contribution in [0.2, 0.25) is 0 Å². The van der Waals surface area contributed by atoms with Crippen molar-refractivity contribution in [2.24, 2.45) is 5.10 Å². The van der Waals surface area contributed by atoms with Gasteiger partial charge in [0.1, 0.15) is 0 Å². The van der Waals surface area contributed by atoms with Gasteiger partial charge in [0.05, 0.1) is 26.5 Å². The summed E-state index contributed by atoms with van der Waals surface area (Å²) < 4.78 is 10.6. The highest BCUT2D eigenvalue weighted by Gasteiger charge is 2.23. The maximum Gasteiger partial charge on any atom is 0.302 e. The number of rotatable bonds is 7. The van der Waals surface area contributed by atoms with Crippen LogP contribution in [0.4, 0.5) is 10.5 Å². The van der Waals surface area contributed by atoms with Crippen LogP contribution < -0.4 is 14.8 Å². The normalized spacial score (nSPS) is 13.5. The molecule has 0 saturated carbocycles. The van der Waals surface area contributed by atoms with Crippen molar-refractivity contribution in [2.45, 2.75) is 13.5 Å². The first-order valence-electron chi connectivity index (χ1n) is 9.06. The summed E-state index contributed by atoms with van der Waals surface area (Å²) in [6, 6.07) is 12.4. The van der Waals surface area contributed by atoms with Gasteiger partial charge in [0.15, 0.2) is 11.5 Å². The van der Waals surface area contributed by atoms with Gasteiger partial charge in [-0.3, -0.25) is 14.4 Å². The molecule has 0 radical (unpaired) electrons. The zero-order valence-electron chi connectivity index (χ0n) is 16.8. The number of hydrazone groups is 1. The average Bonchev–Trinajstić information content (AvgIpc) is 2.75. The van der Waals surface area contributed by atoms with Gasteiger partial charge >= 0.3 is 5.24 Å². The van der Waals surface area contributed by atoms with E-state index in [4.69, 9.17) is 9.47 Å². The number of amides is 2. The van der Waals surface area contributed by atoms with E-state index in [1.165, 1.54) is 11.9 Å². The van der Waals surface area contributed by atoms with Crippen LogP contribution in [0.3, 0.4) is 0 Å². The summed E-state index contributed by atoms with van der Waals surface area (Å²) in [5.74, 6) is 0.375. The molecule has 2 aromatic rings. The van der Waals surface area contributed by atoms with Crippen molar-refractivity contribution in [3.8, 4) is 11.5 Å². The fraction of sp³-hybridized carbons (Fsp3) is 0.238. The highest BCUT2D eigenvalue weighted by molar-refractivity contribution is 8.14. The van der Waals surface area contributed by atoms with Crippen LogP contribution in [0.25, 0.3) is 0 Å². The predicted molar refractivity (Wildman–Crippen MR) is 115 cm³/mol. The largest absolute Gasteiger partial charge is 0.493 e. The van der Waals surface area contributed by atoms with Crippen molar-refractivity contribution in [1.82, 2.24) is 5.01 Å². The molecule has 1 aliphatic rings. The Bertz CT molecular complexity index is 1020. The minimum Gasteiger partial charge on any atom is -0.493 e. The third kappa shape index (κ3) is 4.98. The van der Waals surface area contributed by atoms with Crippen molar-refractivity contribution in [3.63, 3.8) is 0 Å². The molecule has 0 fully saturated rings. The SMILES string of the molecule is COc1ccc(C2=NN(Cc3cccc(NC(=O)C(C)=O)c3)C(=O)SC2)cc1OC. The molecule has 1 N–H and O–H groups in total. The first-order chi connectivity index (χ1) is 14.4. The van der Waals surface area contributed by atoms with Crippen LogP contribution in [0.15, 0.2) is 47.6 Å². The number of methoxy groups -OCH3 is 2. The van der Waals surface area contributed by atoms with E-state index in [1.807, 2.05) is 18.2 Å². The first-order valence-corrected chi connectivity index (χ1v) is 10.0. The van der Waals surface area contributed by atoms with Crippen LogP contribution in [0.1, 0.15) is 18.1 Å². The number of carbonyl (C=O) groups is 3. The van der Waals surface area contributed by atoms with Crippen LogP contribution in [-0.4, -0.2) is 47.6 Å². The van der Waals surface area contributed by atoms with Gasteiger partial charge in [0, 0.05) is 23.9 Å². The van der Waals surface area contributed by atoms with E-state index in [2.05, 4.69) is 10.4 Å². The Hall–Kier alpha value is -3.33. The van der Waals surface area contributed by atoms with Crippen molar-refractivity contribution >= 4 is 40.1 Å². The number of nitrogens with zero attached hydrogens (tertiary/aromatic N) is 2. The third-order valence-electron chi connectivity index (χ3n) is 4.34. The van der Waals surface area contributed by atoms with Crippen molar-refractivity contribution in [2.75, 3.05) is 25.3 Å². The molecular weight excluding hydrogens is 406 g/mol. The molecule has 156 valence electrons. The second-order valence-electron chi connectivity index (χ2n) is 6.44. The van der Waals surface area contributed by atoms with E-state index in [0.29, 0.717) is 22.9 Å². The number of nitrogens with one attached hydrogen (secondary N) is 1. The number of carbonyl (C=O) groups excluding carboxylic acids is 3. The van der Waals surface area contributed by atoms with Crippen LogP contribution in [0.5, 0.6) is 11.5 Å². The van der Waals surface area contributed by atoms with E-state index in [1.54, 1.807) is 38.5 Å². The maximum absolute atomic E-state index is 12.4. The van der Waals surface area contributed by atoms with Crippen LogP contribution in [-0.2, 0) is 16.1 Å². The van der Waals surface area contributed by atoms with E-state index >= 15 is 0 Å². The highest BCUT2D eigenvalue weighted by atomic mass is 32.2. The van der Waals surface area contributed by atoms with Gasteiger partial charge in [-0.25, -0.2) is 5.01 Å². The second-order valence-corrected chi connectivity index (χ2v) is 7.37. The van der Waals surface area contributed by atoms with Gasteiger partial charge in [-0.1, -0.05) is 23.9 Å². The van der Waals surface area contributed by atoms with Gasteiger partial charge < -0.3 is 14.8 Å². The summed E-state index contributed by atoms with van der Waals surface area (Å²) in [6.07, 6.45) is 0. The summed E-state index contributed by atoms with van der Waals surface area (Å²) in [5.41, 5.74) is 2.82. The van der Waals surface area contributed by atoms with Gasteiger partial charge in [0.2, 0.25) is 5.78 Å². The van der Waals surface area contributed by atoms with Crippen molar-refractivity contribution in [3.05, 3.63) is 53.6 Å². The fourth-order valence-electron chi connectivity index (χ4n) is 2.82. The van der Waals surface area contributed by atoms with E-state index in [-0.39, 0.29) is 11.8 Å². The topological polar surface area (TPSA) is 97.3 Å². The Morgan fingerprint density at radius 2 is 1.90 bits per heavy atom. The van der Waals surface area contributed by atoms with Crippen LogP contribution in [0, 0.1) is 0 Å². The van der Waals surface area contributed by atoms with E-state index in [9.17, 15) is 14.4 Å². The lowest BCUT2D eigenvalue weighted by Crippen LogP contribution is -2.29. The summed E-state index contributed by atoms with van der Waals surface area (Å²) in [5, 5.41) is 8.26. The number of hydrogen-bond acceptors (Lipinski definition) is 7. The molecule has 0 atom stereocenters. The fourth-order valence-corrected chi connectivity index (χ4v) is 3.56. The standard InChI is InChI=1S/C21H21N3O5S/c1-13(25)20(26)22-16-6-4-5-14(9-16)11-24-21(27)30-12-17(23-24)15-7-8-18(28-2)19(10-15)29-3/h4-10H,11-12H2,1-3H3,(H,22,26). The summed E-state index contributed by atoms with van der Waals surface area (Å²) >= 11 is 1.16. The average molecular weight is 427 g/mol. The van der Waals surface area contributed by atoms with Gasteiger partial charge in [-0.15, -0.1) is 0 Å². The number of hydrogen-bond donors (Lipinski definition) is 1. The Morgan fingerprint density at radius 3 is 2.60 bits per heavy atom. The predicted octanol–water partition coefficient (Wildman–Crippen LogP) is 3.30. The monoisotopic (exact) mass is 427 g/mol. The molecular formula is C21H21N3O5S. The number of Topliss-reactive ketones (excluding diaryl/α,β-unsaturated/α-hetero) is 1. The summed E-state index contributed by atoms with van der Waals surface area (Å²) in [6.45, 7) is 1.43. The van der Waals surface area contributed by atoms with E-state index < -0.39 is 11.7 Å². The Morgan fingerprint density at radius 1 is 1.13 bits per heavy atom. The van der Waals surface area contributed by atoms with Gasteiger partial charge in [0.25, 0.3) is 5.91 Å². The number of ketones is 1. The number of ether oxygens (including phenoxy) is 2. The smallest absolute Gasteiger partial charge is 0.302 e. The molecule has 1 heterocycles. The van der Waals surface area contributed by atoms with Crippen molar-refractivity contribution < 1.29 is 23.9 Å². The molecule has 0 unspecified atom stereocenters. The van der Waals surface area contributed by atoms with Gasteiger partial charge in [-0.2, -0.15) is 5.10 Å². The molecule has 30 heavy (non-hydrogen) atoms. The van der Waals surface area contributed by atoms with Crippen molar-refractivity contribution in [1.29, 1.82) is 0 Å². The molecule has 8 nitrogen and oxygen atoms in total. The number of anilines is 1. The molecule has 0 aliphatic carbocycles. The van der Waals surface area contributed by atoms with Gasteiger partial charge in [-0.05, 0) is 35.9 Å². The third-order valence-corrected chi connectivity index (χ3v) is 5.21. The minimum absolute atomic E-state index is 0.169. The Labute approximate surface area is 178 Å². The number of thioether (sulfide) groups is 1. The molecule has 0 spiro atoms. The lowest BCUT2D eigenvalue weighted by molar-refractivity contribution is -0.133. The van der Waals surface area contributed by atoms with Crippen LogP contribution >= 0.6 is 11.8 Å². The molecule has 9 heteroatoms. The Kier molecular flexibility index (Phi) is 6.73. The molecule has 0 saturated heterocycles. The molecule has 3 rings (SSSR count). The summed E-state index contributed by atoms with van der Waals surface area (Å²) in [4.78, 5) is 35.1. The number of benzene rings is 2. The lowest BCUT2D eigenvalue weighted by Gasteiger charge is -2.23. The quantitative estimate of drug-likeness (QED) is 0.681. The first kappa shape index (κ1) is 21.4. The molecule has 1 aliphatic heterocycles.